The number of rotatable bonds is 1. The molecule has 3 nitrogen and oxygen atoms in total. The van der Waals surface area contributed by atoms with Crippen LogP contribution >= 0.6 is 0 Å². The Hall–Kier alpha value is -1.35. The van der Waals surface area contributed by atoms with E-state index in [2.05, 4.69) is 47.3 Å². The van der Waals surface area contributed by atoms with Crippen molar-refractivity contribution in [1.82, 2.24) is 0 Å². The third-order valence-electron chi connectivity index (χ3n) is 1.99. The highest BCUT2D eigenvalue weighted by atomic mass is 16.4. The maximum Gasteiger partial charge on any atom is 0.0860 e. The van der Waals surface area contributed by atoms with Crippen LogP contribution in [0.1, 0.15) is 57.5 Å². The second kappa shape index (κ2) is 6.01. The maximum atomic E-state index is 10.5. The van der Waals surface area contributed by atoms with Gasteiger partial charge in [-0.25, -0.2) is 0 Å². The summed E-state index contributed by atoms with van der Waals surface area (Å²) < 4.78 is 0. The fourth-order valence-electron chi connectivity index (χ4n) is 1.11. The van der Waals surface area contributed by atoms with Crippen LogP contribution in [0.2, 0.25) is 0 Å². The summed E-state index contributed by atoms with van der Waals surface area (Å²) in [5, 5.41) is 10.5. The second-order valence-electron chi connectivity index (χ2n) is 6.68. The Morgan fingerprint density at radius 3 is 1.56 bits per heavy atom. The van der Waals surface area contributed by atoms with Gasteiger partial charge in [0.25, 0.3) is 0 Å². The van der Waals surface area contributed by atoms with E-state index in [1.807, 2.05) is 12.1 Å². The molecule has 0 saturated heterocycles. The molecule has 3 heteroatoms. The quantitative estimate of drug-likeness (QED) is 0.819. The third kappa shape index (κ3) is 7.85. The Labute approximate surface area is 110 Å². The van der Waals surface area contributed by atoms with E-state index in [1.165, 1.54) is 0 Å². The van der Waals surface area contributed by atoms with Crippen LogP contribution in [0, 0.1) is 0 Å². The predicted octanol–water partition coefficient (Wildman–Crippen LogP) is 1.37. The van der Waals surface area contributed by atoms with Crippen molar-refractivity contribution in [2.45, 2.75) is 52.5 Å². The first-order valence-corrected chi connectivity index (χ1v) is 6.08. The smallest absolute Gasteiger partial charge is 0.0860 e. The second-order valence-corrected chi connectivity index (χ2v) is 6.68. The summed E-state index contributed by atoms with van der Waals surface area (Å²) >= 11 is 0. The molecule has 0 bridgehead atoms. The van der Waals surface area contributed by atoms with Crippen molar-refractivity contribution >= 4 is 5.97 Å². The lowest BCUT2D eigenvalue weighted by Crippen LogP contribution is -2.67. The molecular weight excluding hydrogens is 226 g/mol. The zero-order chi connectivity index (χ0) is 14.6. The molecule has 0 spiro atoms. The Bertz CT molecular complexity index is 374. The fraction of sp³-hybridized carbons (Fsp3) is 0.533. The van der Waals surface area contributed by atoms with E-state index in [0.29, 0.717) is 0 Å². The Morgan fingerprint density at radius 2 is 1.33 bits per heavy atom. The van der Waals surface area contributed by atoms with Gasteiger partial charge in [0, 0.05) is 0 Å². The molecule has 0 saturated carbocycles. The first-order valence-electron chi connectivity index (χ1n) is 6.08. The predicted molar refractivity (Wildman–Crippen MR) is 72.1 cm³/mol. The van der Waals surface area contributed by atoms with E-state index in [0.717, 1.165) is 5.56 Å². The standard InChI is InChI=1S/C11H14O2.C4H11N/c1-11(2,3)9-6-4-8(5-7-9)10(12)13;1-4(2,3)5/h4-7H,1-3H3,(H,12,13);5H2,1-3H3. The molecule has 0 aromatic heterocycles. The first-order chi connectivity index (χ1) is 7.91. The Kier molecular flexibility index (Phi) is 5.55. The summed E-state index contributed by atoms with van der Waals surface area (Å²) in [5.74, 6) is -1.12. The number of aromatic carboxylic acids is 1. The molecule has 1 rings (SSSR count). The van der Waals surface area contributed by atoms with Crippen LogP contribution in [0.3, 0.4) is 0 Å². The lowest BCUT2D eigenvalue weighted by molar-refractivity contribution is -0.458. The molecular formula is C15H25NO2. The summed E-state index contributed by atoms with van der Waals surface area (Å²) in [6.07, 6.45) is 0. The van der Waals surface area contributed by atoms with E-state index < -0.39 is 5.97 Å². The van der Waals surface area contributed by atoms with Gasteiger partial charge >= 0.3 is 0 Å². The number of carbonyl (C=O) groups excluding carboxylic acids is 1. The van der Waals surface area contributed by atoms with Crippen molar-refractivity contribution in [2.24, 2.45) is 0 Å². The number of quaternary nitrogens is 1. The number of carboxylic acids is 1. The van der Waals surface area contributed by atoms with Gasteiger partial charge in [-0.1, -0.05) is 45.0 Å². The van der Waals surface area contributed by atoms with Crippen molar-refractivity contribution in [3.8, 4) is 0 Å². The highest BCUT2D eigenvalue weighted by molar-refractivity contribution is 5.85. The third-order valence-corrected chi connectivity index (χ3v) is 1.99. The zero-order valence-corrected chi connectivity index (χ0v) is 12.3. The molecule has 0 heterocycles. The minimum Gasteiger partial charge on any atom is -0.545 e. The summed E-state index contributed by atoms with van der Waals surface area (Å²) in [5.41, 5.74) is 5.43. The molecule has 0 fully saturated rings. The van der Waals surface area contributed by atoms with Crippen molar-refractivity contribution in [3.05, 3.63) is 35.4 Å². The summed E-state index contributed by atoms with van der Waals surface area (Å²) in [6.45, 7) is 12.5. The van der Waals surface area contributed by atoms with Gasteiger partial charge in [0.15, 0.2) is 0 Å². The highest BCUT2D eigenvalue weighted by Crippen LogP contribution is 2.21. The molecule has 102 valence electrons. The number of carboxylic acid groups (broad SMARTS) is 1. The van der Waals surface area contributed by atoms with Crippen molar-refractivity contribution in [1.29, 1.82) is 0 Å². The summed E-state index contributed by atoms with van der Waals surface area (Å²) in [6, 6.07) is 6.81. The lowest BCUT2D eigenvalue weighted by Gasteiger charge is -2.19. The van der Waals surface area contributed by atoms with E-state index in [9.17, 15) is 9.90 Å². The molecule has 0 aliphatic heterocycles. The van der Waals surface area contributed by atoms with E-state index >= 15 is 0 Å². The first kappa shape index (κ1) is 16.6. The van der Waals surface area contributed by atoms with E-state index in [1.54, 1.807) is 12.1 Å². The summed E-state index contributed by atoms with van der Waals surface area (Å²) in [4.78, 5) is 10.5. The molecule has 0 atom stereocenters. The molecule has 0 unspecified atom stereocenters. The van der Waals surface area contributed by atoms with Gasteiger partial charge in [0.1, 0.15) is 0 Å². The SMILES string of the molecule is CC(C)(C)[NH3+].CC(C)(C)c1ccc(C(=O)[O-])cc1. The topological polar surface area (TPSA) is 67.8 Å². The molecule has 0 radical (unpaired) electrons. The molecule has 1 aromatic carbocycles. The van der Waals surface area contributed by atoms with Gasteiger partial charge in [-0.3, -0.25) is 0 Å². The maximum absolute atomic E-state index is 10.5. The lowest BCUT2D eigenvalue weighted by atomic mass is 9.87. The van der Waals surface area contributed by atoms with Crippen LogP contribution in [0.25, 0.3) is 0 Å². The van der Waals surface area contributed by atoms with Crippen LogP contribution in [-0.4, -0.2) is 11.5 Å². The summed E-state index contributed by atoms with van der Waals surface area (Å²) in [7, 11) is 0. The van der Waals surface area contributed by atoms with Crippen molar-refractivity contribution < 1.29 is 15.6 Å². The monoisotopic (exact) mass is 251 g/mol. The average Bonchev–Trinajstić information content (AvgIpc) is 2.14. The van der Waals surface area contributed by atoms with Crippen LogP contribution < -0.4 is 10.8 Å². The Balaban J connectivity index is 0.000000494. The van der Waals surface area contributed by atoms with Gasteiger partial charge in [0.05, 0.1) is 11.5 Å². The molecule has 1 aromatic rings. The average molecular weight is 251 g/mol. The minimum atomic E-state index is -1.12. The van der Waals surface area contributed by atoms with Crippen LogP contribution in [-0.2, 0) is 5.41 Å². The fourth-order valence-corrected chi connectivity index (χ4v) is 1.11. The zero-order valence-electron chi connectivity index (χ0n) is 12.3. The van der Waals surface area contributed by atoms with Gasteiger partial charge < -0.3 is 15.6 Å². The minimum absolute atomic E-state index is 0.0600. The number of hydrogen-bond donors (Lipinski definition) is 1. The van der Waals surface area contributed by atoms with Gasteiger partial charge in [-0.05, 0) is 37.3 Å². The number of carbonyl (C=O) groups is 1. The van der Waals surface area contributed by atoms with Gasteiger partial charge in [-0.2, -0.15) is 0 Å². The molecule has 0 aliphatic rings. The van der Waals surface area contributed by atoms with Crippen LogP contribution in [0.5, 0.6) is 0 Å². The molecule has 0 amide bonds. The Morgan fingerprint density at radius 1 is 1.00 bits per heavy atom. The molecule has 3 N–H and O–H groups in total. The van der Waals surface area contributed by atoms with Crippen LogP contribution in [0.4, 0.5) is 0 Å². The van der Waals surface area contributed by atoms with Crippen molar-refractivity contribution in [3.63, 3.8) is 0 Å². The van der Waals surface area contributed by atoms with E-state index in [-0.39, 0.29) is 16.5 Å². The normalized spacial score (nSPS) is 11.5. The molecule has 18 heavy (non-hydrogen) atoms. The van der Waals surface area contributed by atoms with Crippen molar-refractivity contribution in [2.75, 3.05) is 0 Å². The highest BCUT2D eigenvalue weighted by Gasteiger charge is 2.12. The molecule has 0 aliphatic carbocycles. The van der Waals surface area contributed by atoms with Crippen LogP contribution in [0.15, 0.2) is 24.3 Å². The number of benzene rings is 1. The largest absolute Gasteiger partial charge is 0.545 e. The van der Waals surface area contributed by atoms with E-state index in [4.69, 9.17) is 0 Å². The number of hydrogen-bond acceptors (Lipinski definition) is 2. The van der Waals surface area contributed by atoms with Gasteiger partial charge in [-0.15, -0.1) is 0 Å². The van der Waals surface area contributed by atoms with Gasteiger partial charge in [0.2, 0.25) is 0 Å².